The fourth-order valence-electron chi connectivity index (χ4n) is 1.76. The molecule has 1 fully saturated rings. The first-order valence-corrected chi connectivity index (χ1v) is 6.13. The molecule has 0 bridgehead atoms. The lowest BCUT2D eigenvalue weighted by molar-refractivity contribution is 0.482. The summed E-state index contributed by atoms with van der Waals surface area (Å²) in [6, 6.07) is 2.37. The molecule has 1 aliphatic rings. The number of nitrogens with one attached hydrogen (secondary N) is 1. The van der Waals surface area contributed by atoms with E-state index in [-0.39, 0.29) is 0 Å². The molecule has 82 valence electrons. The van der Waals surface area contributed by atoms with Crippen molar-refractivity contribution in [2.45, 2.75) is 13.0 Å². The number of hydrogen-bond acceptors (Lipinski definition) is 3. The average molecular weight is 291 g/mol. The van der Waals surface area contributed by atoms with Gasteiger partial charge in [-0.2, -0.15) is 0 Å². The Hall–Kier alpha value is -0.320. The molecule has 1 saturated heterocycles. The molecule has 0 unspecified atom stereocenters. The zero-order valence-electron chi connectivity index (χ0n) is 8.50. The van der Waals surface area contributed by atoms with Crippen molar-refractivity contribution < 1.29 is 0 Å². The van der Waals surface area contributed by atoms with Crippen molar-refractivity contribution in [3.63, 3.8) is 0 Å². The zero-order chi connectivity index (χ0) is 10.8. The summed E-state index contributed by atoms with van der Waals surface area (Å²) in [5, 5.41) is 4.10. The largest absolute Gasteiger partial charge is 0.353 e. The van der Waals surface area contributed by atoms with Crippen LogP contribution in [0.4, 0.5) is 5.82 Å². The smallest absolute Gasteiger partial charge is 0.147 e. The highest BCUT2D eigenvalue weighted by Gasteiger charge is 2.18. The minimum atomic E-state index is 0.486. The van der Waals surface area contributed by atoms with Crippen LogP contribution in [0.3, 0.4) is 0 Å². The van der Waals surface area contributed by atoms with Gasteiger partial charge >= 0.3 is 0 Å². The molecule has 1 N–H and O–H groups in total. The second-order valence-corrected chi connectivity index (χ2v) is 5.08. The van der Waals surface area contributed by atoms with Crippen LogP contribution in [0.25, 0.3) is 0 Å². The number of piperazine rings is 1. The third kappa shape index (κ3) is 2.62. The van der Waals surface area contributed by atoms with Gasteiger partial charge in [0.15, 0.2) is 0 Å². The van der Waals surface area contributed by atoms with Crippen molar-refractivity contribution in [1.82, 2.24) is 10.3 Å². The summed E-state index contributed by atoms with van der Waals surface area (Å²) in [6.07, 6.45) is 1.79. The van der Waals surface area contributed by atoms with Crippen LogP contribution in [0.15, 0.2) is 16.7 Å². The third-order valence-corrected chi connectivity index (χ3v) is 3.17. The van der Waals surface area contributed by atoms with E-state index in [0.29, 0.717) is 11.1 Å². The number of pyridine rings is 1. The molecular formula is C10H13BrClN3. The quantitative estimate of drug-likeness (QED) is 0.860. The Morgan fingerprint density at radius 1 is 1.67 bits per heavy atom. The van der Waals surface area contributed by atoms with Crippen LogP contribution in [0.2, 0.25) is 5.02 Å². The Morgan fingerprint density at radius 2 is 2.47 bits per heavy atom. The summed E-state index contributed by atoms with van der Waals surface area (Å²) < 4.78 is 0.916. The van der Waals surface area contributed by atoms with E-state index in [9.17, 15) is 0 Å². The molecule has 1 atom stereocenters. The Balaban J connectivity index is 2.21. The SMILES string of the molecule is C[C@@H]1CN(c2ncc(Br)cc2Cl)CCN1. The number of hydrogen-bond donors (Lipinski definition) is 1. The first-order chi connectivity index (χ1) is 7.16. The third-order valence-electron chi connectivity index (χ3n) is 2.46. The van der Waals surface area contributed by atoms with E-state index in [4.69, 9.17) is 11.6 Å². The summed E-state index contributed by atoms with van der Waals surface area (Å²) in [5.74, 6) is 0.883. The molecule has 1 aliphatic heterocycles. The molecule has 5 heteroatoms. The molecule has 2 heterocycles. The first-order valence-electron chi connectivity index (χ1n) is 4.96. The van der Waals surface area contributed by atoms with Gasteiger partial charge in [-0.15, -0.1) is 0 Å². The monoisotopic (exact) mass is 289 g/mol. The fraction of sp³-hybridized carbons (Fsp3) is 0.500. The average Bonchev–Trinajstić information content (AvgIpc) is 2.17. The van der Waals surface area contributed by atoms with Crippen molar-refractivity contribution in [2.24, 2.45) is 0 Å². The van der Waals surface area contributed by atoms with E-state index in [1.165, 1.54) is 0 Å². The van der Waals surface area contributed by atoms with Gasteiger partial charge in [0.25, 0.3) is 0 Å². The topological polar surface area (TPSA) is 28.2 Å². The summed E-state index contributed by atoms with van der Waals surface area (Å²) in [4.78, 5) is 6.57. The first kappa shape index (κ1) is 11.2. The standard InChI is InChI=1S/C10H13BrClN3/c1-7-6-15(3-2-13-7)10-9(12)4-8(11)5-14-10/h4-5,7,13H,2-3,6H2,1H3/t7-/m1/s1. The summed E-state index contributed by atoms with van der Waals surface area (Å²) >= 11 is 9.51. The lowest BCUT2D eigenvalue weighted by Crippen LogP contribution is -2.49. The number of halogens is 2. The highest BCUT2D eigenvalue weighted by atomic mass is 79.9. The van der Waals surface area contributed by atoms with E-state index in [1.54, 1.807) is 6.20 Å². The van der Waals surface area contributed by atoms with Crippen molar-refractivity contribution >= 4 is 33.3 Å². The van der Waals surface area contributed by atoms with E-state index in [0.717, 1.165) is 29.9 Å². The molecule has 1 aromatic rings. The van der Waals surface area contributed by atoms with Crippen LogP contribution in [-0.4, -0.2) is 30.7 Å². The number of nitrogens with zero attached hydrogens (tertiary/aromatic N) is 2. The van der Waals surface area contributed by atoms with Gasteiger partial charge in [-0.1, -0.05) is 11.6 Å². The molecule has 0 spiro atoms. The van der Waals surface area contributed by atoms with Gasteiger partial charge in [-0.05, 0) is 28.9 Å². The maximum Gasteiger partial charge on any atom is 0.147 e. The van der Waals surface area contributed by atoms with Gasteiger partial charge in [-0.3, -0.25) is 0 Å². The minimum Gasteiger partial charge on any atom is -0.353 e. The Bertz CT molecular complexity index is 359. The summed E-state index contributed by atoms with van der Waals surface area (Å²) in [5.41, 5.74) is 0. The van der Waals surface area contributed by atoms with Gasteiger partial charge < -0.3 is 10.2 Å². The van der Waals surface area contributed by atoms with Crippen LogP contribution >= 0.6 is 27.5 Å². The van der Waals surface area contributed by atoms with Crippen molar-refractivity contribution in [3.8, 4) is 0 Å². The second kappa shape index (κ2) is 4.68. The molecule has 15 heavy (non-hydrogen) atoms. The minimum absolute atomic E-state index is 0.486. The lowest BCUT2D eigenvalue weighted by atomic mass is 10.2. The summed E-state index contributed by atoms with van der Waals surface area (Å²) in [6.45, 7) is 5.06. The molecule has 1 aromatic heterocycles. The van der Waals surface area contributed by atoms with Gasteiger partial charge in [0.1, 0.15) is 5.82 Å². The van der Waals surface area contributed by atoms with Gasteiger partial charge in [0, 0.05) is 36.3 Å². The molecule has 0 aromatic carbocycles. The van der Waals surface area contributed by atoms with Crippen LogP contribution in [0.1, 0.15) is 6.92 Å². The maximum atomic E-state index is 6.16. The van der Waals surface area contributed by atoms with Gasteiger partial charge in [0.05, 0.1) is 5.02 Å². The van der Waals surface area contributed by atoms with Crippen LogP contribution < -0.4 is 10.2 Å². The zero-order valence-corrected chi connectivity index (χ0v) is 10.8. The van der Waals surface area contributed by atoms with Crippen LogP contribution in [0, 0.1) is 0 Å². The second-order valence-electron chi connectivity index (χ2n) is 3.76. The predicted octanol–water partition coefficient (Wildman–Crippen LogP) is 2.30. The lowest BCUT2D eigenvalue weighted by Gasteiger charge is -2.33. The summed E-state index contributed by atoms with van der Waals surface area (Å²) in [7, 11) is 0. The molecule has 0 aliphatic carbocycles. The van der Waals surface area contributed by atoms with Crippen molar-refractivity contribution in [3.05, 3.63) is 21.8 Å². The van der Waals surface area contributed by atoms with Gasteiger partial charge in [0.2, 0.25) is 0 Å². The van der Waals surface area contributed by atoms with E-state index in [1.807, 2.05) is 6.07 Å². The molecule has 0 saturated carbocycles. The van der Waals surface area contributed by atoms with E-state index >= 15 is 0 Å². The number of aromatic nitrogens is 1. The highest BCUT2D eigenvalue weighted by molar-refractivity contribution is 9.10. The van der Waals surface area contributed by atoms with E-state index < -0.39 is 0 Å². The Labute approximate surface area is 103 Å². The van der Waals surface area contributed by atoms with Crippen molar-refractivity contribution in [2.75, 3.05) is 24.5 Å². The van der Waals surface area contributed by atoms with Crippen LogP contribution in [-0.2, 0) is 0 Å². The Kier molecular flexibility index (Phi) is 3.49. The molecule has 3 nitrogen and oxygen atoms in total. The predicted molar refractivity (Wildman–Crippen MR) is 66.6 cm³/mol. The van der Waals surface area contributed by atoms with E-state index in [2.05, 4.69) is 38.1 Å². The normalized spacial score (nSPS) is 21.8. The number of rotatable bonds is 1. The molecule has 2 rings (SSSR count). The van der Waals surface area contributed by atoms with Crippen molar-refractivity contribution in [1.29, 1.82) is 0 Å². The molecule has 0 radical (unpaired) electrons. The fourth-order valence-corrected chi connectivity index (χ4v) is 2.51. The maximum absolute atomic E-state index is 6.16. The molecule has 0 amide bonds. The number of anilines is 1. The Morgan fingerprint density at radius 3 is 3.13 bits per heavy atom. The van der Waals surface area contributed by atoms with Gasteiger partial charge in [-0.25, -0.2) is 4.98 Å². The van der Waals surface area contributed by atoms with Crippen LogP contribution in [0.5, 0.6) is 0 Å². The highest BCUT2D eigenvalue weighted by Crippen LogP contribution is 2.26. The molecular weight excluding hydrogens is 277 g/mol.